The summed E-state index contributed by atoms with van der Waals surface area (Å²) in [6.45, 7) is 1.55. The second-order valence-corrected chi connectivity index (χ2v) is 5.97. The molecule has 2 heterocycles. The van der Waals surface area contributed by atoms with Crippen molar-refractivity contribution in [2.45, 2.75) is 13.5 Å². The summed E-state index contributed by atoms with van der Waals surface area (Å²) < 4.78 is 11.1. The maximum atomic E-state index is 11.9. The number of hydrogen-bond acceptors (Lipinski definition) is 6. The third-order valence-corrected chi connectivity index (χ3v) is 4.02. The number of nitrogens with one attached hydrogen (secondary N) is 1. The molecule has 27 heavy (non-hydrogen) atoms. The van der Waals surface area contributed by atoms with Crippen molar-refractivity contribution in [3.63, 3.8) is 0 Å². The van der Waals surface area contributed by atoms with E-state index in [1.54, 1.807) is 18.2 Å². The van der Waals surface area contributed by atoms with Crippen LogP contribution in [0.3, 0.4) is 0 Å². The first-order valence-corrected chi connectivity index (χ1v) is 8.27. The van der Waals surface area contributed by atoms with E-state index in [1.165, 1.54) is 19.3 Å². The van der Waals surface area contributed by atoms with Crippen molar-refractivity contribution in [2.24, 2.45) is 0 Å². The molecule has 4 aromatic rings. The van der Waals surface area contributed by atoms with Crippen LogP contribution in [0.1, 0.15) is 12.5 Å². The van der Waals surface area contributed by atoms with Crippen molar-refractivity contribution in [1.82, 2.24) is 9.97 Å². The number of fused-ring (bicyclic) bond motifs is 2. The van der Waals surface area contributed by atoms with Crippen molar-refractivity contribution < 1.29 is 13.9 Å². The molecular formula is C20H15N3O4. The van der Waals surface area contributed by atoms with Gasteiger partial charge in [-0.15, -0.1) is 0 Å². The van der Waals surface area contributed by atoms with Crippen molar-refractivity contribution in [3.05, 3.63) is 70.8 Å². The molecule has 0 radical (unpaired) electrons. The van der Waals surface area contributed by atoms with Crippen molar-refractivity contribution in [2.75, 3.05) is 5.32 Å². The number of rotatable bonds is 4. The predicted molar refractivity (Wildman–Crippen MR) is 101 cm³/mol. The van der Waals surface area contributed by atoms with Crippen LogP contribution in [0.2, 0.25) is 0 Å². The molecular weight excluding hydrogens is 346 g/mol. The number of aromatic nitrogens is 2. The molecule has 0 atom stereocenters. The first-order chi connectivity index (χ1) is 13.1. The molecule has 2 aromatic carbocycles. The third-order valence-electron chi connectivity index (χ3n) is 4.02. The lowest BCUT2D eigenvalue weighted by Gasteiger charge is -2.10. The highest BCUT2D eigenvalue weighted by Gasteiger charge is 2.10. The molecule has 0 aliphatic heterocycles. The fourth-order valence-electron chi connectivity index (χ4n) is 2.87. The first-order valence-electron chi connectivity index (χ1n) is 8.27. The lowest BCUT2D eigenvalue weighted by Crippen LogP contribution is -2.07. The van der Waals surface area contributed by atoms with E-state index in [1.807, 2.05) is 24.3 Å². The Bertz CT molecular complexity index is 1210. The van der Waals surface area contributed by atoms with Gasteiger partial charge in [0, 0.05) is 35.7 Å². The molecule has 0 saturated carbocycles. The van der Waals surface area contributed by atoms with Gasteiger partial charge in [-0.25, -0.2) is 14.8 Å². The number of anilines is 1. The molecule has 0 fully saturated rings. The van der Waals surface area contributed by atoms with Crippen LogP contribution in [0, 0.1) is 0 Å². The molecule has 1 amide bonds. The van der Waals surface area contributed by atoms with Crippen LogP contribution < -0.4 is 15.7 Å². The van der Waals surface area contributed by atoms with E-state index in [0.717, 1.165) is 16.3 Å². The molecule has 2 aromatic heterocycles. The molecule has 4 rings (SSSR count). The van der Waals surface area contributed by atoms with Gasteiger partial charge in [-0.3, -0.25) is 4.79 Å². The standard InChI is InChI=1S/C20H15N3O4/c1-12(24)23-14-6-7-15-13(8-19(25)27-18(15)9-14)10-26-20-16-4-2-3-5-17(16)21-11-22-20/h2-9,11H,10H2,1H3,(H,23,24). The molecule has 0 bridgehead atoms. The van der Waals surface area contributed by atoms with E-state index in [-0.39, 0.29) is 12.5 Å². The molecule has 0 spiro atoms. The van der Waals surface area contributed by atoms with Crippen LogP contribution in [-0.2, 0) is 11.4 Å². The quantitative estimate of drug-likeness (QED) is 0.561. The van der Waals surface area contributed by atoms with E-state index < -0.39 is 5.63 Å². The minimum Gasteiger partial charge on any atom is -0.472 e. The van der Waals surface area contributed by atoms with Crippen LogP contribution in [0.15, 0.2) is 64.1 Å². The van der Waals surface area contributed by atoms with Gasteiger partial charge in [-0.05, 0) is 24.3 Å². The fraction of sp³-hybridized carbons (Fsp3) is 0.100. The fourth-order valence-corrected chi connectivity index (χ4v) is 2.87. The number of benzene rings is 2. The lowest BCUT2D eigenvalue weighted by molar-refractivity contribution is -0.114. The summed E-state index contributed by atoms with van der Waals surface area (Å²) in [5, 5.41) is 4.18. The minimum atomic E-state index is -0.492. The monoisotopic (exact) mass is 361 g/mol. The van der Waals surface area contributed by atoms with Crippen LogP contribution in [0.4, 0.5) is 5.69 Å². The van der Waals surface area contributed by atoms with E-state index >= 15 is 0 Å². The molecule has 0 aliphatic carbocycles. The average molecular weight is 361 g/mol. The van der Waals surface area contributed by atoms with Gasteiger partial charge in [-0.2, -0.15) is 0 Å². The predicted octanol–water partition coefficient (Wildman–Crippen LogP) is 3.27. The number of amides is 1. The number of ether oxygens (including phenoxy) is 1. The zero-order chi connectivity index (χ0) is 18.8. The van der Waals surface area contributed by atoms with Crippen molar-refractivity contribution in [1.29, 1.82) is 0 Å². The highest BCUT2D eigenvalue weighted by molar-refractivity contribution is 5.92. The number of hydrogen-bond donors (Lipinski definition) is 1. The molecule has 0 aliphatic rings. The Balaban J connectivity index is 1.69. The molecule has 134 valence electrons. The molecule has 0 unspecified atom stereocenters. The first kappa shape index (κ1) is 16.7. The Morgan fingerprint density at radius 2 is 1.96 bits per heavy atom. The van der Waals surface area contributed by atoms with Gasteiger partial charge < -0.3 is 14.5 Å². The summed E-state index contributed by atoms with van der Waals surface area (Å²) >= 11 is 0. The highest BCUT2D eigenvalue weighted by Crippen LogP contribution is 2.25. The summed E-state index contributed by atoms with van der Waals surface area (Å²) in [5.41, 5.74) is 1.88. The molecule has 7 heteroatoms. The minimum absolute atomic E-state index is 0.141. The van der Waals surface area contributed by atoms with Crippen molar-refractivity contribution in [3.8, 4) is 5.88 Å². The summed E-state index contributed by atoms with van der Waals surface area (Å²) in [6.07, 6.45) is 1.44. The van der Waals surface area contributed by atoms with E-state index in [0.29, 0.717) is 22.7 Å². The van der Waals surface area contributed by atoms with E-state index in [2.05, 4.69) is 15.3 Å². The van der Waals surface area contributed by atoms with Crippen LogP contribution in [-0.4, -0.2) is 15.9 Å². The number of nitrogens with zero attached hydrogens (tertiary/aromatic N) is 2. The Kier molecular flexibility index (Phi) is 4.25. The average Bonchev–Trinajstić information content (AvgIpc) is 2.65. The van der Waals surface area contributed by atoms with Gasteiger partial charge >= 0.3 is 5.63 Å². The number of para-hydroxylation sites is 1. The topological polar surface area (TPSA) is 94.3 Å². The van der Waals surface area contributed by atoms with Gasteiger partial charge in [0.05, 0.1) is 10.9 Å². The van der Waals surface area contributed by atoms with Crippen molar-refractivity contribution >= 4 is 33.5 Å². The second-order valence-electron chi connectivity index (χ2n) is 5.97. The zero-order valence-corrected chi connectivity index (χ0v) is 14.4. The van der Waals surface area contributed by atoms with Gasteiger partial charge in [0.15, 0.2) is 0 Å². The summed E-state index contributed by atoms with van der Waals surface area (Å²) in [4.78, 5) is 31.5. The third kappa shape index (κ3) is 3.48. The maximum Gasteiger partial charge on any atom is 0.336 e. The maximum absolute atomic E-state index is 11.9. The Labute approximate surface area is 153 Å². The summed E-state index contributed by atoms with van der Waals surface area (Å²) in [5.74, 6) is 0.240. The van der Waals surface area contributed by atoms with Gasteiger partial charge in [0.1, 0.15) is 18.5 Å². The summed E-state index contributed by atoms with van der Waals surface area (Å²) in [7, 11) is 0. The summed E-state index contributed by atoms with van der Waals surface area (Å²) in [6, 6.07) is 14.1. The Morgan fingerprint density at radius 1 is 1.11 bits per heavy atom. The smallest absolute Gasteiger partial charge is 0.336 e. The zero-order valence-electron chi connectivity index (χ0n) is 14.4. The lowest BCUT2D eigenvalue weighted by atomic mass is 10.1. The van der Waals surface area contributed by atoms with Crippen LogP contribution in [0.5, 0.6) is 5.88 Å². The number of carbonyl (C=O) groups excluding carboxylic acids is 1. The molecule has 7 nitrogen and oxygen atoms in total. The SMILES string of the molecule is CC(=O)Nc1ccc2c(COc3ncnc4ccccc34)cc(=O)oc2c1. The second kappa shape index (κ2) is 6.87. The van der Waals surface area contributed by atoms with Crippen LogP contribution >= 0.6 is 0 Å². The largest absolute Gasteiger partial charge is 0.472 e. The van der Waals surface area contributed by atoms with Gasteiger partial charge in [-0.1, -0.05) is 12.1 Å². The van der Waals surface area contributed by atoms with Crippen LogP contribution in [0.25, 0.3) is 21.9 Å². The van der Waals surface area contributed by atoms with Gasteiger partial charge in [0.25, 0.3) is 0 Å². The van der Waals surface area contributed by atoms with E-state index in [4.69, 9.17) is 9.15 Å². The normalized spacial score (nSPS) is 10.9. The van der Waals surface area contributed by atoms with Gasteiger partial charge in [0.2, 0.25) is 11.8 Å². The Morgan fingerprint density at radius 3 is 2.81 bits per heavy atom. The Hall–Kier alpha value is -3.74. The van der Waals surface area contributed by atoms with E-state index in [9.17, 15) is 9.59 Å². The molecule has 1 N–H and O–H groups in total. The molecule has 0 saturated heterocycles. The highest BCUT2D eigenvalue weighted by atomic mass is 16.5. The number of carbonyl (C=O) groups is 1.